The average Bonchev–Trinajstić information content (AvgIpc) is 3.66. The summed E-state index contributed by atoms with van der Waals surface area (Å²) in [7, 11) is 1.42. The number of anilines is 1. The number of aromatic nitrogens is 1. The first-order valence-electron chi connectivity index (χ1n) is 13.3. The number of hydrogen-bond donors (Lipinski definition) is 2. The zero-order valence-electron chi connectivity index (χ0n) is 23.1. The molecule has 1 aromatic heterocycles. The molecule has 1 saturated carbocycles. The lowest BCUT2D eigenvalue weighted by Gasteiger charge is -2.44. The maximum absolute atomic E-state index is 15.8. The molecule has 13 heteroatoms. The zero-order valence-corrected chi connectivity index (χ0v) is 23.9. The number of allylic oxidation sites excluding steroid dienone is 3. The maximum Gasteiger partial charge on any atom is 0.341 e. The molecule has 0 bridgehead atoms. The summed E-state index contributed by atoms with van der Waals surface area (Å²) in [6, 6.07) is 1.01. The second kappa shape index (κ2) is 9.88. The van der Waals surface area contributed by atoms with Crippen molar-refractivity contribution in [1.29, 1.82) is 0 Å². The molecule has 2 atom stereocenters. The van der Waals surface area contributed by atoms with Crippen LogP contribution in [-0.2, 0) is 4.79 Å². The van der Waals surface area contributed by atoms with Crippen molar-refractivity contribution in [3.05, 3.63) is 56.8 Å². The van der Waals surface area contributed by atoms with Gasteiger partial charge in [-0.05, 0) is 51.3 Å². The van der Waals surface area contributed by atoms with Gasteiger partial charge in [-0.3, -0.25) is 9.69 Å². The second-order valence-electron chi connectivity index (χ2n) is 11.1. The number of carbonyl (C=O) groups is 2. The van der Waals surface area contributed by atoms with Crippen LogP contribution in [0.15, 0.2) is 45.1 Å². The highest BCUT2D eigenvalue weighted by Gasteiger charge is 2.50. The van der Waals surface area contributed by atoms with Crippen LogP contribution in [0.5, 0.6) is 5.75 Å². The van der Waals surface area contributed by atoms with Gasteiger partial charge in [0.25, 0.3) is 0 Å². The van der Waals surface area contributed by atoms with E-state index in [1.54, 1.807) is 11.5 Å². The Labute approximate surface area is 241 Å². The SMILES string of the molecule is COc1c(N2CC[N+]3(CN4C(C)=CC(C)=C(C(=O)O)C4=N3)C(C)C2)c(F)cc2c(=O)c(C(=O)O)cn(C3CC3)c12.[Cl-]. The van der Waals surface area contributed by atoms with Crippen molar-refractivity contribution in [2.24, 2.45) is 5.10 Å². The molecule has 1 saturated heterocycles. The highest BCUT2D eigenvalue weighted by Crippen LogP contribution is 2.45. The summed E-state index contributed by atoms with van der Waals surface area (Å²) in [5.41, 5.74) is 1.24. The fourth-order valence-corrected chi connectivity index (χ4v) is 6.32. The number of pyridine rings is 1. The van der Waals surface area contributed by atoms with Crippen LogP contribution in [0, 0.1) is 5.82 Å². The number of nitrogens with zero attached hydrogens (tertiary/aromatic N) is 5. The summed E-state index contributed by atoms with van der Waals surface area (Å²) in [6.45, 7) is 7.49. The molecule has 1 aliphatic carbocycles. The number of quaternary nitrogens is 1. The largest absolute Gasteiger partial charge is 1.00 e. The first kappa shape index (κ1) is 28.6. The van der Waals surface area contributed by atoms with E-state index in [1.807, 2.05) is 29.7 Å². The third kappa shape index (κ3) is 4.27. The number of carboxylic acid groups (broad SMARTS) is 2. The number of aromatic carboxylic acids is 1. The molecule has 41 heavy (non-hydrogen) atoms. The fourth-order valence-electron chi connectivity index (χ4n) is 6.32. The van der Waals surface area contributed by atoms with Gasteiger partial charge < -0.3 is 36.8 Å². The van der Waals surface area contributed by atoms with Gasteiger partial charge >= 0.3 is 11.9 Å². The number of benzene rings is 1. The van der Waals surface area contributed by atoms with Crippen LogP contribution >= 0.6 is 0 Å². The topological polar surface area (TPSA) is 125 Å². The molecule has 0 radical (unpaired) electrons. The molecule has 11 nitrogen and oxygen atoms in total. The van der Waals surface area contributed by atoms with Gasteiger partial charge in [-0.1, -0.05) is 5.10 Å². The summed E-state index contributed by atoms with van der Waals surface area (Å²) in [6.07, 6.45) is 4.85. The predicted octanol–water partition coefficient (Wildman–Crippen LogP) is 0.117. The van der Waals surface area contributed by atoms with Crippen molar-refractivity contribution in [3.63, 3.8) is 0 Å². The summed E-state index contributed by atoms with van der Waals surface area (Å²) < 4.78 is 23.6. The highest BCUT2D eigenvalue weighted by molar-refractivity contribution is 6.20. The molecular formula is C28H31ClFN5O6. The van der Waals surface area contributed by atoms with E-state index in [4.69, 9.17) is 9.84 Å². The van der Waals surface area contributed by atoms with Crippen molar-refractivity contribution < 1.29 is 45.9 Å². The van der Waals surface area contributed by atoms with Crippen molar-refractivity contribution in [1.82, 2.24) is 9.47 Å². The van der Waals surface area contributed by atoms with Gasteiger partial charge in [-0.2, -0.15) is 4.59 Å². The lowest BCUT2D eigenvalue weighted by molar-refractivity contribution is -0.956. The van der Waals surface area contributed by atoms with Gasteiger partial charge in [0.2, 0.25) is 11.3 Å². The normalized spacial score (nSPS) is 23.8. The van der Waals surface area contributed by atoms with E-state index < -0.39 is 28.7 Å². The van der Waals surface area contributed by atoms with Crippen LogP contribution in [0.4, 0.5) is 10.1 Å². The number of rotatable bonds is 5. The third-order valence-electron chi connectivity index (χ3n) is 8.57. The van der Waals surface area contributed by atoms with Crippen molar-refractivity contribution in [3.8, 4) is 5.75 Å². The molecule has 2 fully saturated rings. The lowest BCUT2D eigenvalue weighted by atomic mass is 10.0. The summed E-state index contributed by atoms with van der Waals surface area (Å²) in [5, 5.41) is 24.4. The van der Waals surface area contributed by atoms with Crippen LogP contribution in [0.25, 0.3) is 10.9 Å². The number of amidine groups is 1. The lowest BCUT2D eigenvalue weighted by Crippen LogP contribution is -3.00. The molecule has 218 valence electrons. The minimum absolute atomic E-state index is 0. The molecule has 6 rings (SSSR count). The molecule has 2 aromatic rings. The molecule has 4 aliphatic rings. The predicted molar refractivity (Wildman–Crippen MR) is 145 cm³/mol. The van der Waals surface area contributed by atoms with Gasteiger partial charge in [0, 0.05) is 17.9 Å². The van der Waals surface area contributed by atoms with Crippen molar-refractivity contribution in [2.45, 2.75) is 45.7 Å². The Hall–Kier alpha value is -3.90. The van der Waals surface area contributed by atoms with Crippen LogP contribution in [0.2, 0.25) is 0 Å². The van der Waals surface area contributed by atoms with E-state index in [1.165, 1.54) is 13.3 Å². The highest BCUT2D eigenvalue weighted by atomic mass is 35.5. The summed E-state index contributed by atoms with van der Waals surface area (Å²) >= 11 is 0. The molecule has 2 unspecified atom stereocenters. The molecule has 1 spiro atoms. The standard InChI is InChI=1S/C28H30FN5O6.ClH/c1-14-9-15(2)33-13-34(30-26(33)21(14)28(38)39)8-7-31(11-16(34)3)23-20(29)10-18-22(25(23)40-4)32(17-5-6-17)12-19(24(18)35)27(36)37;/h9-10,12,16-17H,5-8,11,13H2,1-4H3,(H-,36,37,38,39);1H. The average molecular weight is 588 g/mol. The molecular weight excluding hydrogens is 557 g/mol. The Kier molecular flexibility index (Phi) is 6.90. The van der Waals surface area contributed by atoms with Crippen LogP contribution in [-0.4, -0.2) is 81.5 Å². The second-order valence-corrected chi connectivity index (χ2v) is 11.1. The zero-order chi connectivity index (χ0) is 28.7. The Bertz CT molecular complexity index is 1660. The molecule has 4 heterocycles. The Morgan fingerprint density at radius 1 is 1.20 bits per heavy atom. The molecule has 1 aromatic carbocycles. The van der Waals surface area contributed by atoms with Crippen LogP contribution in [0.3, 0.4) is 0 Å². The number of ether oxygens (including phenoxy) is 1. The number of halogens is 2. The van der Waals surface area contributed by atoms with Crippen LogP contribution in [0.1, 0.15) is 50.0 Å². The summed E-state index contributed by atoms with van der Waals surface area (Å²) in [5.74, 6) is -2.39. The Balaban J connectivity index is 0.00000337. The number of fused-ring (bicyclic) bond motifs is 2. The van der Waals surface area contributed by atoms with Gasteiger partial charge in [0.15, 0.2) is 18.2 Å². The molecule has 2 N–H and O–H groups in total. The third-order valence-corrected chi connectivity index (χ3v) is 8.57. The van der Waals surface area contributed by atoms with Gasteiger partial charge in [-0.15, -0.1) is 0 Å². The number of piperazine rings is 1. The van der Waals surface area contributed by atoms with E-state index in [0.717, 1.165) is 24.6 Å². The maximum atomic E-state index is 15.8. The van der Waals surface area contributed by atoms with Crippen LogP contribution < -0.4 is 27.5 Å². The minimum Gasteiger partial charge on any atom is -1.00 e. The van der Waals surface area contributed by atoms with E-state index in [2.05, 4.69) is 0 Å². The fraction of sp³-hybridized carbons (Fsp3) is 0.429. The number of hydrogen-bond acceptors (Lipinski definition) is 7. The number of methoxy groups -OCH3 is 1. The Morgan fingerprint density at radius 2 is 1.90 bits per heavy atom. The van der Waals surface area contributed by atoms with Crippen molar-refractivity contribution in [2.75, 3.05) is 38.3 Å². The number of aliphatic carboxylic acids is 1. The first-order valence-corrected chi connectivity index (χ1v) is 13.3. The number of carboxylic acids is 2. The van der Waals surface area contributed by atoms with Gasteiger partial charge in [0.1, 0.15) is 29.4 Å². The monoisotopic (exact) mass is 587 g/mol. The van der Waals surface area contributed by atoms with Gasteiger partial charge in [-0.25, -0.2) is 14.0 Å². The van der Waals surface area contributed by atoms with E-state index in [-0.39, 0.29) is 51.5 Å². The van der Waals surface area contributed by atoms with Gasteiger partial charge in [0.05, 0.1) is 31.1 Å². The summed E-state index contributed by atoms with van der Waals surface area (Å²) in [4.78, 5) is 40.7. The quantitative estimate of drug-likeness (QED) is 0.473. The Morgan fingerprint density at radius 3 is 2.49 bits per heavy atom. The van der Waals surface area contributed by atoms with E-state index in [0.29, 0.717) is 43.2 Å². The van der Waals surface area contributed by atoms with E-state index in [9.17, 15) is 24.6 Å². The molecule has 3 aliphatic heterocycles. The first-order chi connectivity index (χ1) is 19.0. The van der Waals surface area contributed by atoms with E-state index >= 15 is 4.39 Å². The smallest absolute Gasteiger partial charge is 0.341 e. The molecule has 0 amide bonds. The van der Waals surface area contributed by atoms with Crippen molar-refractivity contribution >= 4 is 34.4 Å². The minimum atomic E-state index is -1.35.